The van der Waals surface area contributed by atoms with Crippen LogP contribution in [0.5, 0.6) is 0 Å². The molecular weight excluding hydrogens is 330 g/mol. The Labute approximate surface area is 152 Å². The maximum atomic E-state index is 12.3. The molecule has 6 heteroatoms. The van der Waals surface area contributed by atoms with Gasteiger partial charge in [-0.2, -0.15) is 0 Å². The first kappa shape index (κ1) is 19.2. The summed E-state index contributed by atoms with van der Waals surface area (Å²) in [5.41, 5.74) is 7.14. The van der Waals surface area contributed by atoms with Crippen molar-refractivity contribution in [1.29, 1.82) is 0 Å². The molecule has 0 aliphatic carbocycles. The summed E-state index contributed by atoms with van der Waals surface area (Å²) >= 11 is 0. The molecule has 0 radical (unpaired) electrons. The molecule has 0 heterocycles. The van der Waals surface area contributed by atoms with E-state index in [9.17, 15) is 14.4 Å². The standard InChI is InChI=1S/C20H23N3O3/c1-14(22-18(24)13-16-10-6-3-7-11-16)20(26)23-17(19(21)25)12-15-8-4-2-5-9-15/h2-11,14,17H,12-13H2,1H3,(H2,21,25)(H,22,24)(H,23,26)/t14-,17-/m0/s1. The summed E-state index contributed by atoms with van der Waals surface area (Å²) in [5, 5.41) is 5.24. The van der Waals surface area contributed by atoms with Crippen molar-refractivity contribution in [2.45, 2.75) is 31.8 Å². The van der Waals surface area contributed by atoms with Gasteiger partial charge in [0.15, 0.2) is 0 Å². The molecule has 0 unspecified atom stereocenters. The molecular formula is C20H23N3O3. The van der Waals surface area contributed by atoms with Gasteiger partial charge < -0.3 is 16.4 Å². The van der Waals surface area contributed by atoms with Crippen LogP contribution in [0.4, 0.5) is 0 Å². The average molecular weight is 353 g/mol. The van der Waals surface area contributed by atoms with Crippen LogP contribution in [0, 0.1) is 0 Å². The van der Waals surface area contributed by atoms with E-state index in [0.29, 0.717) is 6.42 Å². The molecule has 26 heavy (non-hydrogen) atoms. The topological polar surface area (TPSA) is 101 Å². The molecule has 0 spiro atoms. The third-order valence-corrected chi connectivity index (χ3v) is 3.92. The van der Waals surface area contributed by atoms with Gasteiger partial charge in [-0.3, -0.25) is 14.4 Å². The molecule has 0 aliphatic rings. The quantitative estimate of drug-likeness (QED) is 0.658. The number of nitrogens with two attached hydrogens (primary N) is 1. The molecule has 4 N–H and O–H groups in total. The highest BCUT2D eigenvalue weighted by Crippen LogP contribution is 2.04. The lowest BCUT2D eigenvalue weighted by Crippen LogP contribution is -2.52. The Bertz CT molecular complexity index is 747. The summed E-state index contributed by atoms with van der Waals surface area (Å²) in [6.07, 6.45) is 0.480. The van der Waals surface area contributed by atoms with E-state index >= 15 is 0 Å². The molecule has 0 saturated heterocycles. The molecule has 6 nitrogen and oxygen atoms in total. The minimum absolute atomic E-state index is 0.182. The zero-order valence-electron chi connectivity index (χ0n) is 14.6. The summed E-state index contributed by atoms with van der Waals surface area (Å²) < 4.78 is 0. The summed E-state index contributed by atoms with van der Waals surface area (Å²) in [6, 6.07) is 16.9. The fraction of sp³-hybridized carbons (Fsp3) is 0.250. The SMILES string of the molecule is C[C@H](NC(=O)Cc1ccccc1)C(=O)N[C@@H](Cc1ccccc1)C(N)=O. The fourth-order valence-corrected chi connectivity index (χ4v) is 2.51. The normalized spacial score (nSPS) is 12.7. The van der Waals surface area contributed by atoms with E-state index in [-0.39, 0.29) is 12.3 Å². The van der Waals surface area contributed by atoms with Gasteiger partial charge in [0.1, 0.15) is 12.1 Å². The summed E-state index contributed by atoms with van der Waals surface area (Å²) in [5.74, 6) is -1.34. The predicted molar refractivity (Wildman–Crippen MR) is 99.0 cm³/mol. The first-order chi connectivity index (χ1) is 12.5. The lowest BCUT2D eigenvalue weighted by molar-refractivity contribution is -0.130. The molecule has 2 rings (SSSR count). The van der Waals surface area contributed by atoms with Crippen LogP contribution in [0.25, 0.3) is 0 Å². The van der Waals surface area contributed by atoms with Gasteiger partial charge in [-0.1, -0.05) is 60.7 Å². The lowest BCUT2D eigenvalue weighted by Gasteiger charge is -2.19. The number of primary amides is 1. The Balaban J connectivity index is 1.89. The van der Waals surface area contributed by atoms with E-state index in [1.165, 1.54) is 0 Å². The fourth-order valence-electron chi connectivity index (χ4n) is 2.51. The van der Waals surface area contributed by atoms with E-state index in [0.717, 1.165) is 11.1 Å². The van der Waals surface area contributed by atoms with E-state index in [1.54, 1.807) is 6.92 Å². The number of hydrogen-bond donors (Lipinski definition) is 3. The first-order valence-electron chi connectivity index (χ1n) is 8.42. The van der Waals surface area contributed by atoms with Crippen molar-refractivity contribution in [3.05, 3.63) is 71.8 Å². The van der Waals surface area contributed by atoms with Crippen molar-refractivity contribution < 1.29 is 14.4 Å². The van der Waals surface area contributed by atoms with Crippen molar-refractivity contribution in [3.8, 4) is 0 Å². The van der Waals surface area contributed by atoms with Crippen LogP contribution in [0.15, 0.2) is 60.7 Å². The Morgan fingerprint density at radius 1 is 0.885 bits per heavy atom. The molecule has 3 amide bonds. The average Bonchev–Trinajstić information content (AvgIpc) is 2.62. The zero-order chi connectivity index (χ0) is 18.9. The molecule has 2 aromatic rings. The van der Waals surface area contributed by atoms with Crippen LogP contribution >= 0.6 is 0 Å². The van der Waals surface area contributed by atoms with Gasteiger partial charge in [-0.05, 0) is 18.1 Å². The number of carbonyl (C=O) groups excluding carboxylic acids is 3. The number of hydrogen-bond acceptors (Lipinski definition) is 3. The van der Waals surface area contributed by atoms with Crippen molar-refractivity contribution >= 4 is 17.7 Å². The minimum Gasteiger partial charge on any atom is -0.368 e. The van der Waals surface area contributed by atoms with Gasteiger partial charge in [-0.25, -0.2) is 0 Å². The van der Waals surface area contributed by atoms with Gasteiger partial charge in [0.05, 0.1) is 6.42 Å². The number of carbonyl (C=O) groups is 3. The van der Waals surface area contributed by atoms with Crippen molar-refractivity contribution in [3.63, 3.8) is 0 Å². The van der Waals surface area contributed by atoms with E-state index in [1.807, 2.05) is 60.7 Å². The maximum Gasteiger partial charge on any atom is 0.242 e. The second-order valence-electron chi connectivity index (χ2n) is 6.10. The third kappa shape index (κ3) is 6.05. The number of benzene rings is 2. The van der Waals surface area contributed by atoms with Gasteiger partial charge >= 0.3 is 0 Å². The van der Waals surface area contributed by atoms with Gasteiger partial charge in [0.2, 0.25) is 17.7 Å². The largest absolute Gasteiger partial charge is 0.368 e. The molecule has 2 atom stereocenters. The Morgan fingerprint density at radius 3 is 1.96 bits per heavy atom. The van der Waals surface area contributed by atoms with E-state index in [2.05, 4.69) is 10.6 Å². The summed E-state index contributed by atoms with van der Waals surface area (Å²) in [7, 11) is 0. The summed E-state index contributed by atoms with van der Waals surface area (Å²) in [6.45, 7) is 1.57. The van der Waals surface area contributed by atoms with Crippen LogP contribution in [-0.2, 0) is 27.2 Å². The number of nitrogens with one attached hydrogen (secondary N) is 2. The molecule has 136 valence electrons. The first-order valence-corrected chi connectivity index (χ1v) is 8.42. The van der Waals surface area contributed by atoms with Crippen molar-refractivity contribution in [1.82, 2.24) is 10.6 Å². The molecule has 0 aromatic heterocycles. The molecule has 0 bridgehead atoms. The lowest BCUT2D eigenvalue weighted by atomic mass is 10.1. The number of amides is 3. The van der Waals surface area contributed by atoms with Crippen LogP contribution in [0.3, 0.4) is 0 Å². The summed E-state index contributed by atoms with van der Waals surface area (Å²) in [4.78, 5) is 36.0. The molecule has 0 fully saturated rings. The smallest absolute Gasteiger partial charge is 0.242 e. The van der Waals surface area contributed by atoms with Crippen LogP contribution in [0.1, 0.15) is 18.1 Å². The predicted octanol–water partition coefficient (Wildman–Crippen LogP) is 0.947. The molecule has 2 aromatic carbocycles. The van der Waals surface area contributed by atoms with Gasteiger partial charge in [0, 0.05) is 6.42 Å². The second kappa shape index (κ2) is 9.36. The Kier molecular flexibility index (Phi) is 6.91. The van der Waals surface area contributed by atoms with Crippen molar-refractivity contribution in [2.75, 3.05) is 0 Å². The monoisotopic (exact) mass is 353 g/mol. The number of rotatable bonds is 8. The molecule has 0 aliphatic heterocycles. The second-order valence-corrected chi connectivity index (χ2v) is 6.10. The van der Waals surface area contributed by atoms with E-state index in [4.69, 9.17) is 5.73 Å². The maximum absolute atomic E-state index is 12.3. The molecule has 0 saturated carbocycles. The minimum atomic E-state index is -0.835. The van der Waals surface area contributed by atoms with Crippen LogP contribution in [-0.4, -0.2) is 29.8 Å². The zero-order valence-corrected chi connectivity index (χ0v) is 14.6. The van der Waals surface area contributed by atoms with Crippen molar-refractivity contribution in [2.24, 2.45) is 5.73 Å². The third-order valence-electron chi connectivity index (χ3n) is 3.92. The Hall–Kier alpha value is -3.15. The van der Waals surface area contributed by atoms with Crippen LogP contribution in [0.2, 0.25) is 0 Å². The highest BCUT2D eigenvalue weighted by atomic mass is 16.2. The van der Waals surface area contributed by atoms with Crippen LogP contribution < -0.4 is 16.4 Å². The Morgan fingerprint density at radius 2 is 1.42 bits per heavy atom. The van der Waals surface area contributed by atoms with E-state index < -0.39 is 23.9 Å². The highest BCUT2D eigenvalue weighted by Gasteiger charge is 2.23. The van der Waals surface area contributed by atoms with Gasteiger partial charge in [-0.15, -0.1) is 0 Å². The highest BCUT2D eigenvalue weighted by molar-refractivity contribution is 5.91. The van der Waals surface area contributed by atoms with Gasteiger partial charge in [0.25, 0.3) is 0 Å².